The molecule has 110 valence electrons. The number of para-hydroxylation sites is 2. The minimum atomic E-state index is -0.961. The molecule has 2 rings (SSSR count). The molecular weight excluding hydrogens is 264 g/mol. The van der Waals surface area contributed by atoms with Gasteiger partial charge in [0.1, 0.15) is 11.5 Å². The summed E-state index contributed by atoms with van der Waals surface area (Å²) >= 11 is 0. The van der Waals surface area contributed by atoms with E-state index >= 15 is 0 Å². The van der Waals surface area contributed by atoms with Crippen LogP contribution in [0.2, 0.25) is 0 Å². The summed E-state index contributed by atoms with van der Waals surface area (Å²) in [7, 11) is 0. The van der Waals surface area contributed by atoms with E-state index < -0.39 is 5.60 Å². The van der Waals surface area contributed by atoms with Crippen LogP contribution in [-0.4, -0.2) is 11.6 Å². The van der Waals surface area contributed by atoms with Crippen molar-refractivity contribution in [1.29, 1.82) is 0 Å². The second-order valence-electron chi connectivity index (χ2n) is 4.82. The van der Waals surface area contributed by atoms with Gasteiger partial charge in [0.05, 0.1) is 0 Å². The molecule has 0 heterocycles. The molecule has 0 aromatic heterocycles. The van der Waals surface area contributed by atoms with Crippen molar-refractivity contribution in [3.05, 3.63) is 60.7 Å². The first-order chi connectivity index (χ1) is 10.2. The van der Waals surface area contributed by atoms with Gasteiger partial charge in [0.25, 0.3) is 0 Å². The van der Waals surface area contributed by atoms with Crippen LogP contribution in [-0.2, 0) is 4.79 Å². The maximum Gasteiger partial charge on any atom is 0.355 e. The Hall–Kier alpha value is -2.29. The normalized spacial score (nSPS) is 11.0. The second kappa shape index (κ2) is 6.93. The van der Waals surface area contributed by atoms with Crippen molar-refractivity contribution >= 4 is 5.97 Å². The van der Waals surface area contributed by atoms with Crippen molar-refractivity contribution in [2.75, 3.05) is 0 Å². The molecule has 0 spiro atoms. The highest BCUT2D eigenvalue weighted by molar-refractivity contribution is 5.82. The Kier molecular flexibility index (Phi) is 4.99. The highest BCUT2D eigenvalue weighted by Crippen LogP contribution is 2.27. The molecule has 2 aromatic carbocycles. The average molecular weight is 284 g/mol. The van der Waals surface area contributed by atoms with Crippen LogP contribution in [0.25, 0.3) is 0 Å². The zero-order valence-electron chi connectivity index (χ0n) is 12.4. The number of carbonyl (C=O) groups excluding carboxylic acids is 1. The number of benzene rings is 2. The minimum Gasteiger partial charge on any atom is -0.476 e. The Bertz CT molecular complexity index is 560. The summed E-state index contributed by atoms with van der Waals surface area (Å²) in [4.78, 5) is 12.6. The fourth-order valence-corrected chi connectivity index (χ4v) is 2.13. The van der Waals surface area contributed by atoms with E-state index in [-0.39, 0.29) is 5.97 Å². The lowest BCUT2D eigenvalue weighted by atomic mass is 9.97. The van der Waals surface area contributed by atoms with Crippen LogP contribution < -0.4 is 9.47 Å². The maximum atomic E-state index is 12.6. The van der Waals surface area contributed by atoms with Crippen LogP contribution >= 0.6 is 0 Å². The first-order valence-electron chi connectivity index (χ1n) is 7.21. The Morgan fingerprint density at radius 1 is 0.857 bits per heavy atom. The van der Waals surface area contributed by atoms with Gasteiger partial charge in [0.2, 0.25) is 5.60 Å². The van der Waals surface area contributed by atoms with Crippen molar-refractivity contribution in [1.82, 2.24) is 0 Å². The van der Waals surface area contributed by atoms with Gasteiger partial charge in [-0.3, -0.25) is 0 Å². The lowest BCUT2D eigenvalue weighted by Gasteiger charge is -2.30. The van der Waals surface area contributed by atoms with Gasteiger partial charge in [-0.15, -0.1) is 0 Å². The molecule has 0 radical (unpaired) electrons. The summed E-state index contributed by atoms with van der Waals surface area (Å²) in [6.07, 6.45) is 1.09. The predicted octanol–water partition coefficient (Wildman–Crippen LogP) is 4.23. The maximum absolute atomic E-state index is 12.6. The van der Waals surface area contributed by atoms with Gasteiger partial charge in [-0.2, -0.15) is 0 Å². The summed E-state index contributed by atoms with van der Waals surface area (Å²) in [5, 5.41) is 0. The Labute approximate surface area is 125 Å². The highest BCUT2D eigenvalue weighted by Gasteiger charge is 2.39. The molecule has 0 aliphatic rings. The van der Waals surface area contributed by atoms with E-state index in [1.807, 2.05) is 62.4 Å². The quantitative estimate of drug-likeness (QED) is 0.588. The van der Waals surface area contributed by atoms with Gasteiger partial charge in [-0.05, 0) is 37.1 Å². The van der Waals surface area contributed by atoms with Crippen LogP contribution in [0.3, 0.4) is 0 Å². The van der Waals surface area contributed by atoms with E-state index in [1.165, 1.54) is 0 Å². The predicted molar refractivity (Wildman–Crippen MR) is 82.5 cm³/mol. The van der Waals surface area contributed by atoms with Gasteiger partial charge in [0, 0.05) is 0 Å². The summed E-state index contributed by atoms with van der Waals surface area (Å²) in [6, 6.07) is 18.4. The van der Waals surface area contributed by atoms with E-state index in [0.29, 0.717) is 24.3 Å². The molecular formula is C18H20O3. The molecule has 0 aliphatic heterocycles. The van der Waals surface area contributed by atoms with E-state index in [2.05, 4.69) is 0 Å². The highest BCUT2D eigenvalue weighted by atomic mass is 16.6. The molecule has 0 unspecified atom stereocenters. The number of esters is 1. The van der Waals surface area contributed by atoms with Gasteiger partial charge in [-0.25, -0.2) is 4.79 Å². The lowest BCUT2D eigenvalue weighted by molar-refractivity contribution is -0.153. The summed E-state index contributed by atoms with van der Waals surface area (Å²) < 4.78 is 11.4. The van der Waals surface area contributed by atoms with Gasteiger partial charge in [0.15, 0.2) is 0 Å². The van der Waals surface area contributed by atoms with Crippen molar-refractivity contribution < 1.29 is 14.3 Å². The molecule has 0 atom stereocenters. The van der Waals surface area contributed by atoms with Crippen molar-refractivity contribution in [2.45, 2.75) is 32.3 Å². The molecule has 0 saturated carbocycles. The third-order valence-corrected chi connectivity index (χ3v) is 3.52. The molecule has 0 aliphatic carbocycles. The van der Waals surface area contributed by atoms with Gasteiger partial charge < -0.3 is 9.47 Å². The van der Waals surface area contributed by atoms with Gasteiger partial charge in [-0.1, -0.05) is 50.2 Å². The van der Waals surface area contributed by atoms with Crippen LogP contribution in [0.4, 0.5) is 0 Å². The topological polar surface area (TPSA) is 35.5 Å². The van der Waals surface area contributed by atoms with Crippen LogP contribution in [0.15, 0.2) is 60.7 Å². The minimum absolute atomic E-state index is 0.359. The fraction of sp³-hybridized carbons (Fsp3) is 0.278. The summed E-state index contributed by atoms with van der Waals surface area (Å²) in [6.45, 7) is 3.86. The van der Waals surface area contributed by atoms with Crippen molar-refractivity contribution in [3.8, 4) is 11.5 Å². The van der Waals surface area contributed by atoms with Gasteiger partial charge >= 0.3 is 5.97 Å². The zero-order chi connectivity index (χ0) is 15.1. The molecule has 0 amide bonds. The molecule has 0 fully saturated rings. The smallest absolute Gasteiger partial charge is 0.355 e. The fourth-order valence-electron chi connectivity index (χ4n) is 2.13. The van der Waals surface area contributed by atoms with Crippen LogP contribution in [0.1, 0.15) is 26.7 Å². The lowest BCUT2D eigenvalue weighted by Crippen LogP contribution is -2.46. The summed E-state index contributed by atoms with van der Waals surface area (Å²) in [5.41, 5.74) is -0.961. The Morgan fingerprint density at radius 3 is 1.81 bits per heavy atom. The Morgan fingerprint density at radius 2 is 1.33 bits per heavy atom. The molecule has 3 heteroatoms. The third-order valence-electron chi connectivity index (χ3n) is 3.52. The molecule has 2 aromatic rings. The van der Waals surface area contributed by atoms with E-state index in [0.717, 1.165) is 0 Å². The second-order valence-corrected chi connectivity index (χ2v) is 4.82. The van der Waals surface area contributed by atoms with Crippen LogP contribution in [0.5, 0.6) is 11.5 Å². The first kappa shape index (κ1) is 15.1. The number of rotatable bonds is 6. The van der Waals surface area contributed by atoms with E-state index in [4.69, 9.17) is 9.47 Å². The van der Waals surface area contributed by atoms with E-state index in [9.17, 15) is 4.79 Å². The summed E-state index contributed by atoms with van der Waals surface area (Å²) in [5.74, 6) is 0.846. The largest absolute Gasteiger partial charge is 0.476 e. The Balaban J connectivity index is 2.18. The number of hydrogen-bond donors (Lipinski definition) is 0. The third kappa shape index (κ3) is 3.63. The molecule has 3 nitrogen and oxygen atoms in total. The molecule has 0 saturated heterocycles. The van der Waals surface area contributed by atoms with Crippen molar-refractivity contribution in [3.63, 3.8) is 0 Å². The van der Waals surface area contributed by atoms with Crippen molar-refractivity contribution in [2.24, 2.45) is 0 Å². The zero-order valence-corrected chi connectivity index (χ0v) is 12.4. The van der Waals surface area contributed by atoms with Crippen LogP contribution in [0, 0.1) is 0 Å². The standard InChI is InChI=1S/C18H20O3/c1-3-18(4-2,21-16-13-9-6-10-14-16)17(19)20-15-11-7-5-8-12-15/h5-14H,3-4H2,1-2H3. The SMILES string of the molecule is CCC(CC)(Oc1ccccc1)C(=O)Oc1ccccc1. The molecule has 21 heavy (non-hydrogen) atoms. The average Bonchev–Trinajstić information content (AvgIpc) is 2.54. The number of hydrogen-bond acceptors (Lipinski definition) is 3. The van der Waals surface area contributed by atoms with E-state index in [1.54, 1.807) is 12.1 Å². The molecule has 0 N–H and O–H groups in total. The number of carbonyl (C=O) groups is 1. The molecule has 0 bridgehead atoms. The number of ether oxygens (including phenoxy) is 2. The monoisotopic (exact) mass is 284 g/mol. The first-order valence-corrected chi connectivity index (χ1v) is 7.21.